The van der Waals surface area contributed by atoms with E-state index in [-0.39, 0.29) is 11.9 Å². The third kappa shape index (κ3) is 3.07. The molecule has 0 aliphatic carbocycles. The van der Waals surface area contributed by atoms with Gasteiger partial charge in [0.15, 0.2) is 0 Å². The third-order valence-corrected chi connectivity index (χ3v) is 3.45. The fraction of sp³-hybridized carbons (Fsp3) is 0.500. The smallest absolute Gasteiger partial charge is 0.224 e. The van der Waals surface area contributed by atoms with Gasteiger partial charge in [-0.2, -0.15) is 0 Å². The highest BCUT2D eigenvalue weighted by molar-refractivity contribution is 5.79. The summed E-state index contributed by atoms with van der Waals surface area (Å²) in [7, 11) is 0. The van der Waals surface area contributed by atoms with E-state index in [1.165, 1.54) is 5.56 Å². The zero-order chi connectivity index (χ0) is 12.3. The highest BCUT2D eigenvalue weighted by atomic mass is 16.2. The summed E-state index contributed by atoms with van der Waals surface area (Å²) < 4.78 is 0. The molecule has 0 bridgehead atoms. The normalized spacial score (nSPS) is 21.9. The molecule has 1 fully saturated rings. The quantitative estimate of drug-likeness (QED) is 0.859. The van der Waals surface area contributed by atoms with Crippen molar-refractivity contribution in [2.75, 3.05) is 13.1 Å². The van der Waals surface area contributed by atoms with Crippen LogP contribution >= 0.6 is 0 Å². The number of rotatable bonds is 4. The Bertz CT molecular complexity index is 377. The number of carbonyl (C=O) groups is 1. The molecule has 1 saturated heterocycles. The Kier molecular flexibility index (Phi) is 3.79. The molecule has 2 atom stereocenters. The Hall–Kier alpha value is -1.35. The van der Waals surface area contributed by atoms with Gasteiger partial charge in [0.25, 0.3) is 0 Å². The molecule has 1 aliphatic heterocycles. The van der Waals surface area contributed by atoms with E-state index in [0.717, 1.165) is 19.5 Å². The van der Waals surface area contributed by atoms with Crippen LogP contribution in [-0.2, 0) is 4.79 Å². The Morgan fingerprint density at radius 2 is 2.12 bits per heavy atom. The lowest BCUT2D eigenvalue weighted by atomic mass is 9.98. The summed E-state index contributed by atoms with van der Waals surface area (Å²) in [6.45, 7) is 3.75. The van der Waals surface area contributed by atoms with Gasteiger partial charge in [0.2, 0.25) is 5.91 Å². The van der Waals surface area contributed by atoms with Gasteiger partial charge in [-0.3, -0.25) is 4.79 Å². The maximum Gasteiger partial charge on any atom is 0.224 e. The topological polar surface area (TPSA) is 46.3 Å². The van der Waals surface area contributed by atoms with E-state index in [1.807, 2.05) is 11.0 Å². The fourth-order valence-electron chi connectivity index (χ4n) is 2.32. The van der Waals surface area contributed by atoms with E-state index in [9.17, 15) is 4.79 Å². The average Bonchev–Trinajstić information content (AvgIpc) is 2.66. The number of nitrogens with zero attached hydrogens (tertiary/aromatic N) is 1. The van der Waals surface area contributed by atoms with E-state index >= 15 is 0 Å². The van der Waals surface area contributed by atoms with Crippen LogP contribution in [-0.4, -0.2) is 29.9 Å². The van der Waals surface area contributed by atoms with Crippen LogP contribution in [0.2, 0.25) is 0 Å². The zero-order valence-electron chi connectivity index (χ0n) is 10.3. The van der Waals surface area contributed by atoms with Crippen molar-refractivity contribution in [2.45, 2.75) is 31.7 Å². The van der Waals surface area contributed by atoms with Gasteiger partial charge in [-0.25, -0.2) is 0 Å². The number of hydrogen-bond acceptors (Lipinski definition) is 2. The first-order valence-corrected chi connectivity index (χ1v) is 6.25. The SMILES string of the molecule is CC(CCN1CC(N)CC1=O)c1ccccc1. The predicted octanol–water partition coefficient (Wildman–Crippen LogP) is 1.74. The minimum Gasteiger partial charge on any atom is -0.341 e. The van der Waals surface area contributed by atoms with Gasteiger partial charge in [-0.1, -0.05) is 37.3 Å². The lowest BCUT2D eigenvalue weighted by molar-refractivity contribution is -0.127. The maximum atomic E-state index is 11.6. The van der Waals surface area contributed by atoms with Crippen molar-refractivity contribution in [1.29, 1.82) is 0 Å². The van der Waals surface area contributed by atoms with Crippen molar-refractivity contribution >= 4 is 5.91 Å². The van der Waals surface area contributed by atoms with Crippen LogP contribution in [0.1, 0.15) is 31.2 Å². The van der Waals surface area contributed by atoms with Gasteiger partial charge in [0, 0.05) is 25.6 Å². The molecule has 1 aromatic carbocycles. The minimum atomic E-state index is 0.0366. The monoisotopic (exact) mass is 232 g/mol. The Morgan fingerprint density at radius 3 is 2.71 bits per heavy atom. The lowest BCUT2D eigenvalue weighted by Crippen LogP contribution is -2.29. The van der Waals surface area contributed by atoms with E-state index < -0.39 is 0 Å². The Morgan fingerprint density at radius 1 is 1.41 bits per heavy atom. The molecule has 0 spiro atoms. The van der Waals surface area contributed by atoms with Gasteiger partial charge in [-0.05, 0) is 17.9 Å². The van der Waals surface area contributed by atoms with Crippen LogP contribution in [0.4, 0.5) is 0 Å². The fourth-order valence-corrected chi connectivity index (χ4v) is 2.32. The summed E-state index contributed by atoms with van der Waals surface area (Å²) in [6.07, 6.45) is 1.52. The summed E-state index contributed by atoms with van der Waals surface area (Å²) in [5, 5.41) is 0. The molecule has 1 aromatic rings. The first-order chi connectivity index (χ1) is 8.16. The van der Waals surface area contributed by atoms with Crippen molar-refractivity contribution in [3.8, 4) is 0 Å². The molecule has 0 radical (unpaired) electrons. The van der Waals surface area contributed by atoms with E-state index in [1.54, 1.807) is 0 Å². The van der Waals surface area contributed by atoms with Gasteiger partial charge in [0.05, 0.1) is 0 Å². The molecule has 2 N–H and O–H groups in total. The second-order valence-electron chi connectivity index (χ2n) is 4.90. The first-order valence-electron chi connectivity index (χ1n) is 6.25. The molecule has 3 heteroatoms. The van der Waals surface area contributed by atoms with Crippen LogP contribution < -0.4 is 5.73 Å². The van der Waals surface area contributed by atoms with Crippen LogP contribution in [0.25, 0.3) is 0 Å². The molecule has 2 unspecified atom stereocenters. The van der Waals surface area contributed by atoms with E-state index in [2.05, 4.69) is 31.2 Å². The van der Waals surface area contributed by atoms with Crippen molar-refractivity contribution in [3.05, 3.63) is 35.9 Å². The lowest BCUT2D eigenvalue weighted by Gasteiger charge is -2.19. The van der Waals surface area contributed by atoms with Crippen molar-refractivity contribution in [3.63, 3.8) is 0 Å². The molecule has 1 amide bonds. The number of benzene rings is 1. The van der Waals surface area contributed by atoms with Crippen LogP contribution in [0.5, 0.6) is 0 Å². The standard InChI is InChI=1S/C14H20N2O/c1-11(12-5-3-2-4-6-12)7-8-16-10-13(15)9-14(16)17/h2-6,11,13H,7-10,15H2,1H3. The highest BCUT2D eigenvalue weighted by Crippen LogP contribution is 2.20. The summed E-state index contributed by atoms with van der Waals surface area (Å²) in [4.78, 5) is 13.5. The number of carbonyl (C=O) groups excluding carboxylic acids is 1. The van der Waals surface area contributed by atoms with Gasteiger partial charge in [0.1, 0.15) is 0 Å². The van der Waals surface area contributed by atoms with Crippen LogP contribution in [0.15, 0.2) is 30.3 Å². The summed E-state index contributed by atoms with van der Waals surface area (Å²) in [5.41, 5.74) is 7.11. The molecular formula is C14H20N2O. The Balaban J connectivity index is 1.84. The molecule has 0 saturated carbocycles. The molecule has 1 aliphatic rings. The van der Waals surface area contributed by atoms with Crippen molar-refractivity contribution < 1.29 is 4.79 Å². The van der Waals surface area contributed by atoms with E-state index in [0.29, 0.717) is 12.3 Å². The zero-order valence-corrected chi connectivity index (χ0v) is 10.3. The van der Waals surface area contributed by atoms with E-state index in [4.69, 9.17) is 5.73 Å². The van der Waals surface area contributed by atoms with Gasteiger partial charge < -0.3 is 10.6 Å². The second-order valence-corrected chi connectivity index (χ2v) is 4.90. The van der Waals surface area contributed by atoms with Crippen LogP contribution in [0.3, 0.4) is 0 Å². The maximum absolute atomic E-state index is 11.6. The summed E-state index contributed by atoms with van der Waals surface area (Å²) in [5.74, 6) is 0.693. The van der Waals surface area contributed by atoms with Crippen molar-refractivity contribution in [1.82, 2.24) is 4.90 Å². The van der Waals surface area contributed by atoms with Gasteiger partial charge >= 0.3 is 0 Å². The molecule has 3 nitrogen and oxygen atoms in total. The number of hydrogen-bond donors (Lipinski definition) is 1. The molecule has 17 heavy (non-hydrogen) atoms. The van der Waals surface area contributed by atoms with Crippen LogP contribution in [0, 0.1) is 0 Å². The number of amides is 1. The summed E-state index contributed by atoms with van der Waals surface area (Å²) in [6, 6.07) is 10.5. The first kappa shape index (κ1) is 12.1. The predicted molar refractivity (Wildman–Crippen MR) is 68.6 cm³/mol. The molecule has 1 heterocycles. The number of nitrogens with two attached hydrogens (primary N) is 1. The molecule has 0 aromatic heterocycles. The minimum absolute atomic E-state index is 0.0366. The average molecular weight is 232 g/mol. The molecule has 92 valence electrons. The highest BCUT2D eigenvalue weighted by Gasteiger charge is 2.26. The summed E-state index contributed by atoms with van der Waals surface area (Å²) >= 11 is 0. The van der Waals surface area contributed by atoms with Gasteiger partial charge in [-0.15, -0.1) is 0 Å². The van der Waals surface area contributed by atoms with Crippen molar-refractivity contribution in [2.24, 2.45) is 5.73 Å². The molecular weight excluding hydrogens is 212 g/mol. The molecule has 2 rings (SSSR count). The second kappa shape index (κ2) is 5.32. The number of likely N-dealkylation sites (tertiary alicyclic amines) is 1. The third-order valence-electron chi connectivity index (χ3n) is 3.45. The Labute approximate surface area is 103 Å². The largest absolute Gasteiger partial charge is 0.341 e.